The van der Waals surface area contributed by atoms with Crippen LogP contribution in [0.3, 0.4) is 0 Å². The maximum Gasteiger partial charge on any atom is 0.397 e. The van der Waals surface area contributed by atoms with Crippen LogP contribution in [-0.4, -0.2) is 19.3 Å². The summed E-state index contributed by atoms with van der Waals surface area (Å²) >= 11 is 0. The maximum atomic E-state index is 12.5. The highest BCUT2D eigenvalue weighted by Gasteiger charge is 2.62. The van der Waals surface area contributed by atoms with E-state index < -0.39 is 23.1 Å². The highest BCUT2D eigenvalue weighted by molar-refractivity contribution is 5.92. The minimum absolute atomic E-state index is 0.0846. The average Bonchev–Trinajstić information content (AvgIpc) is 2.93. The Balaban J connectivity index is 2.96. The predicted molar refractivity (Wildman–Crippen MR) is 43.4 cm³/mol. The summed E-state index contributed by atoms with van der Waals surface area (Å²) < 4.78 is 41.6. The molecule has 15 heavy (non-hydrogen) atoms. The van der Waals surface area contributed by atoms with Gasteiger partial charge >= 0.3 is 12.1 Å². The van der Waals surface area contributed by atoms with Crippen LogP contribution in [0.15, 0.2) is 11.6 Å². The number of esters is 1. The van der Waals surface area contributed by atoms with Gasteiger partial charge in [-0.25, -0.2) is 4.79 Å². The molecule has 0 N–H and O–H groups in total. The Morgan fingerprint density at radius 1 is 1.53 bits per heavy atom. The van der Waals surface area contributed by atoms with Gasteiger partial charge in [0, 0.05) is 0 Å². The molecule has 1 aliphatic rings. The number of hydrogen-bond donors (Lipinski definition) is 0. The molecule has 82 valence electrons. The van der Waals surface area contributed by atoms with Crippen molar-refractivity contribution in [3.05, 3.63) is 11.6 Å². The van der Waals surface area contributed by atoms with Crippen molar-refractivity contribution in [1.29, 1.82) is 5.26 Å². The highest BCUT2D eigenvalue weighted by atomic mass is 19.4. The second-order valence-corrected chi connectivity index (χ2v) is 3.32. The van der Waals surface area contributed by atoms with Gasteiger partial charge in [-0.3, -0.25) is 0 Å². The van der Waals surface area contributed by atoms with E-state index in [9.17, 15) is 18.0 Å². The molecule has 0 amide bonds. The minimum Gasteiger partial charge on any atom is -0.465 e. The number of carbonyl (C=O) groups excluding carboxylic acids is 1. The van der Waals surface area contributed by atoms with E-state index in [1.807, 2.05) is 0 Å². The van der Waals surface area contributed by atoms with Gasteiger partial charge in [0.2, 0.25) is 0 Å². The van der Waals surface area contributed by atoms with Crippen LogP contribution in [0.5, 0.6) is 0 Å². The summed E-state index contributed by atoms with van der Waals surface area (Å²) in [6.07, 6.45) is -3.92. The third-order valence-corrected chi connectivity index (χ3v) is 2.30. The van der Waals surface area contributed by atoms with Crippen molar-refractivity contribution in [3.8, 4) is 6.07 Å². The number of nitriles is 1. The van der Waals surface area contributed by atoms with E-state index in [4.69, 9.17) is 5.26 Å². The van der Waals surface area contributed by atoms with Crippen LogP contribution in [0.4, 0.5) is 13.2 Å². The third-order valence-electron chi connectivity index (χ3n) is 2.30. The molecule has 3 nitrogen and oxygen atoms in total. The number of rotatable bonds is 2. The molecule has 6 heteroatoms. The van der Waals surface area contributed by atoms with Crippen molar-refractivity contribution in [2.24, 2.45) is 5.41 Å². The maximum absolute atomic E-state index is 12.5. The second-order valence-electron chi connectivity index (χ2n) is 3.32. The van der Waals surface area contributed by atoms with Crippen LogP contribution in [0.25, 0.3) is 0 Å². The topological polar surface area (TPSA) is 50.1 Å². The number of ether oxygens (including phenoxy) is 1. The molecule has 1 fully saturated rings. The fourth-order valence-electron chi connectivity index (χ4n) is 1.17. The van der Waals surface area contributed by atoms with Crippen LogP contribution in [0, 0.1) is 16.7 Å². The lowest BCUT2D eigenvalue weighted by molar-refractivity contribution is -0.172. The van der Waals surface area contributed by atoms with Gasteiger partial charge in [-0.15, -0.1) is 0 Å². The summed E-state index contributed by atoms with van der Waals surface area (Å²) in [6.45, 7) is 0. The molecule has 1 rings (SSSR count). The summed E-state index contributed by atoms with van der Waals surface area (Å²) in [5, 5.41) is 8.50. The van der Waals surface area contributed by atoms with Crippen molar-refractivity contribution in [2.45, 2.75) is 19.0 Å². The fourth-order valence-corrected chi connectivity index (χ4v) is 1.17. The number of carbonyl (C=O) groups is 1. The van der Waals surface area contributed by atoms with Gasteiger partial charge in [-0.1, -0.05) is 0 Å². The first-order valence-corrected chi connectivity index (χ1v) is 4.14. The number of allylic oxidation sites excluding steroid dienone is 1. The molecule has 0 radical (unpaired) electrons. The van der Waals surface area contributed by atoms with Gasteiger partial charge in [0.25, 0.3) is 0 Å². The summed E-state index contributed by atoms with van der Waals surface area (Å²) in [7, 11) is 1.01. The van der Waals surface area contributed by atoms with Gasteiger partial charge in [-0.05, 0) is 18.9 Å². The molecule has 0 bridgehead atoms. The Labute approximate surface area is 84.1 Å². The molecule has 0 aromatic heterocycles. The fraction of sp³-hybridized carbons (Fsp3) is 0.556. The first-order valence-electron chi connectivity index (χ1n) is 4.14. The average molecular weight is 219 g/mol. The van der Waals surface area contributed by atoms with Gasteiger partial charge in [-0.2, -0.15) is 18.4 Å². The largest absolute Gasteiger partial charge is 0.465 e. The monoisotopic (exact) mass is 219 g/mol. The van der Waals surface area contributed by atoms with E-state index in [1.165, 1.54) is 6.07 Å². The lowest BCUT2D eigenvalue weighted by atomic mass is 10.0. The van der Waals surface area contributed by atoms with Crippen LogP contribution in [-0.2, 0) is 9.53 Å². The molecule has 0 heterocycles. The lowest BCUT2D eigenvalue weighted by Gasteiger charge is -2.14. The normalized spacial score (nSPS) is 19.3. The molecule has 0 saturated heterocycles. The Morgan fingerprint density at radius 2 is 2.07 bits per heavy atom. The predicted octanol–water partition coefficient (Wildman–Crippen LogP) is 1.95. The van der Waals surface area contributed by atoms with Crippen LogP contribution in [0.1, 0.15) is 12.8 Å². The van der Waals surface area contributed by atoms with E-state index in [1.54, 1.807) is 0 Å². The van der Waals surface area contributed by atoms with E-state index in [-0.39, 0.29) is 12.8 Å². The van der Waals surface area contributed by atoms with Crippen LogP contribution in [0.2, 0.25) is 0 Å². The molecular formula is C9H8F3NO2. The molecule has 0 spiro atoms. The van der Waals surface area contributed by atoms with E-state index in [0.717, 1.165) is 7.11 Å². The molecule has 0 atom stereocenters. The summed E-state index contributed by atoms with van der Waals surface area (Å²) in [6, 6.07) is 1.41. The van der Waals surface area contributed by atoms with Gasteiger partial charge in [0.1, 0.15) is 11.6 Å². The molecule has 0 aromatic carbocycles. The van der Waals surface area contributed by atoms with E-state index >= 15 is 0 Å². The Kier molecular flexibility index (Phi) is 2.75. The zero-order valence-corrected chi connectivity index (χ0v) is 7.89. The number of halogens is 3. The van der Waals surface area contributed by atoms with Crippen molar-refractivity contribution in [2.75, 3.05) is 7.11 Å². The second kappa shape index (κ2) is 3.57. The quantitative estimate of drug-likeness (QED) is 0.405. The summed E-state index contributed by atoms with van der Waals surface area (Å²) in [5.41, 5.74) is -2.58. The number of nitrogens with zero attached hydrogens (tertiary/aromatic N) is 1. The van der Waals surface area contributed by atoms with E-state index in [0.29, 0.717) is 6.08 Å². The molecular weight excluding hydrogens is 211 g/mol. The Bertz CT molecular complexity index is 347. The standard InChI is InChI=1S/C9H8F3NO2/c1-15-7(14)6(5-13)4-8(2-3-8)9(10,11)12/h4H,2-3H2,1H3/b6-4+. The first kappa shape index (κ1) is 11.6. The van der Waals surface area contributed by atoms with Gasteiger partial charge in [0.15, 0.2) is 0 Å². The zero-order chi connectivity index (χ0) is 11.7. The van der Waals surface area contributed by atoms with Crippen LogP contribution >= 0.6 is 0 Å². The van der Waals surface area contributed by atoms with Gasteiger partial charge < -0.3 is 4.74 Å². The number of methoxy groups -OCH3 is 1. The lowest BCUT2D eigenvalue weighted by Crippen LogP contribution is -2.23. The van der Waals surface area contributed by atoms with Crippen molar-refractivity contribution in [1.82, 2.24) is 0 Å². The summed E-state index contributed by atoms with van der Waals surface area (Å²) in [4.78, 5) is 10.9. The SMILES string of the molecule is COC(=O)/C(C#N)=C/C1(C(F)(F)F)CC1. The Morgan fingerprint density at radius 3 is 2.33 bits per heavy atom. The van der Waals surface area contributed by atoms with Crippen molar-refractivity contribution >= 4 is 5.97 Å². The van der Waals surface area contributed by atoms with Crippen molar-refractivity contribution < 1.29 is 22.7 Å². The molecule has 1 aliphatic carbocycles. The molecule has 0 aliphatic heterocycles. The first-order chi connectivity index (χ1) is 6.86. The molecule has 0 aromatic rings. The number of hydrogen-bond acceptors (Lipinski definition) is 3. The zero-order valence-electron chi connectivity index (χ0n) is 7.89. The van der Waals surface area contributed by atoms with Crippen LogP contribution < -0.4 is 0 Å². The van der Waals surface area contributed by atoms with Gasteiger partial charge in [0.05, 0.1) is 12.5 Å². The third kappa shape index (κ3) is 2.12. The molecule has 0 unspecified atom stereocenters. The summed E-state index contributed by atoms with van der Waals surface area (Å²) in [5.74, 6) is -1.03. The van der Waals surface area contributed by atoms with E-state index in [2.05, 4.69) is 4.74 Å². The smallest absolute Gasteiger partial charge is 0.397 e. The Hall–Kier alpha value is -1.51. The minimum atomic E-state index is -4.41. The van der Waals surface area contributed by atoms with Crippen molar-refractivity contribution in [3.63, 3.8) is 0 Å². The molecule has 1 saturated carbocycles. The highest BCUT2D eigenvalue weighted by Crippen LogP contribution is 2.59. The number of alkyl halides is 3.